The van der Waals surface area contributed by atoms with Gasteiger partial charge in [0.1, 0.15) is 5.82 Å². The summed E-state index contributed by atoms with van der Waals surface area (Å²) in [7, 11) is 0. The van der Waals surface area contributed by atoms with Gasteiger partial charge in [0.25, 0.3) is 5.91 Å². The van der Waals surface area contributed by atoms with Gasteiger partial charge in [0.05, 0.1) is 6.20 Å². The summed E-state index contributed by atoms with van der Waals surface area (Å²) >= 11 is 0. The van der Waals surface area contributed by atoms with E-state index in [2.05, 4.69) is 20.8 Å². The van der Waals surface area contributed by atoms with Crippen LogP contribution in [0, 0.1) is 6.92 Å². The number of nitrogens with zero attached hydrogens (tertiary/aromatic N) is 1. The average Bonchev–Trinajstić information content (AvgIpc) is 2.83. The van der Waals surface area contributed by atoms with Gasteiger partial charge in [-0.1, -0.05) is 6.07 Å². The van der Waals surface area contributed by atoms with Crippen LogP contribution in [0.3, 0.4) is 0 Å². The van der Waals surface area contributed by atoms with E-state index < -0.39 is 0 Å². The van der Waals surface area contributed by atoms with E-state index in [9.17, 15) is 4.79 Å². The molecule has 98 valence electrons. The van der Waals surface area contributed by atoms with E-state index in [4.69, 9.17) is 0 Å². The molecule has 0 fully saturated rings. The van der Waals surface area contributed by atoms with Crippen LogP contribution in [-0.4, -0.2) is 22.6 Å². The summed E-state index contributed by atoms with van der Waals surface area (Å²) in [5.41, 5.74) is 3.83. The largest absolute Gasteiger partial charge is 0.385 e. The molecule has 2 aromatic rings. The number of anilines is 2. The zero-order valence-electron chi connectivity index (χ0n) is 10.8. The Hall–Kier alpha value is -2.30. The fourth-order valence-electron chi connectivity index (χ4n) is 2.38. The van der Waals surface area contributed by atoms with Crippen molar-refractivity contribution in [3.8, 4) is 0 Å². The van der Waals surface area contributed by atoms with Crippen molar-refractivity contribution in [1.29, 1.82) is 0 Å². The third-order valence-corrected chi connectivity index (χ3v) is 3.41. The fraction of sp³-hybridized carbons (Fsp3) is 0.286. The minimum Gasteiger partial charge on any atom is -0.385 e. The normalized spacial score (nSPS) is 13.5. The zero-order chi connectivity index (χ0) is 13.2. The van der Waals surface area contributed by atoms with Crippen LogP contribution < -0.4 is 10.6 Å². The van der Waals surface area contributed by atoms with Crippen LogP contribution in [0.2, 0.25) is 0 Å². The first-order valence-electron chi connectivity index (χ1n) is 6.43. The molecule has 0 unspecified atom stereocenters. The van der Waals surface area contributed by atoms with Gasteiger partial charge in [-0.15, -0.1) is 0 Å². The Morgan fingerprint density at radius 3 is 3.11 bits per heavy atom. The van der Waals surface area contributed by atoms with Crippen molar-refractivity contribution in [2.45, 2.75) is 19.8 Å². The Labute approximate surface area is 111 Å². The minimum atomic E-state index is -0.0899. The van der Waals surface area contributed by atoms with Crippen LogP contribution in [0.15, 0.2) is 24.4 Å². The molecular formula is C14H16N4O. The summed E-state index contributed by atoms with van der Waals surface area (Å²) in [6.45, 7) is 2.87. The first-order chi connectivity index (χ1) is 9.25. The lowest BCUT2D eigenvalue weighted by Crippen LogP contribution is -2.19. The molecule has 0 spiro atoms. The fourth-order valence-corrected chi connectivity index (χ4v) is 2.38. The maximum Gasteiger partial charge on any atom is 0.257 e. The third-order valence-electron chi connectivity index (χ3n) is 3.41. The Morgan fingerprint density at radius 2 is 2.32 bits per heavy atom. The molecule has 1 aliphatic heterocycles. The Bertz CT molecular complexity index is 618. The molecule has 0 aliphatic carbocycles. The number of amides is 1. The smallest absolute Gasteiger partial charge is 0.257 e. The molecule has 0 atom stereocenters. The van der Waals surface area contributed by atoms with Crippen molar-refractivity contribution in [2.24, 2.45) is 0 Å². The maximum absolute atomic E-state index is 12.3. The van der Waals surface area contributed by atoms with Gasteiger partial charge in [0.15, 0.2) is 0 Å². The highest BCUT2D eigenvalue weighted by molar-refractivity contribution is 6.06. The van der Waals surface area contributed by atoms with Crippen LogP contribution in [0.5, 0.6) is 0 Å². The van der Waals surface area contributed by atoms with Gasteiger partial charge in [-0.25, -0.2) is 0 Å². The SMILES string of the molecule is Cc1cn[nH]c1NC(=O)c1cccc2c1CCCN2. The Morgan fingerprint density at radius 1 is 1.42 bits per heavy atom. The number of carbonyl (C=O) groups is 1. The number of nitrogens with one attached hydrogen (secondary N) is 3. The zero-order valence-corrected chi connectivity index (χ0v) is 10.8. The first kappa shape index (κ1) is 11.8. The lowest BCUT2D eigenvalue weighted by Gasteiger charge is -2.20. The molecule has 0 saturated carbocycles. The standard InChI is InChI=1S/C14H16N4O/c1-9-8-16-18-13(9)17-14(19)11-4-2-6-12-10(11)5-3-7-15-12/h2,4,6,8,15H,3,5,7H2,1H3,(H2,16,17,18,19). The summed E-state index contributed by atoms with van der Waals surface area (Å²) < 4.78 is 0. The van der Waals surface area contributed by atoms with E-state index in [0.29, 0.717) is 5.82 Å². The van der Waals surface area contributed by atoms with Crippen molar-refractivity contribution in [1.82, 2.24) is 10.2 Å². The highest BCUT2D eigenvalue weighted by Crippen LogP contribution is 2.26. The van der Waals surface area contributed by atoms with E-state index in [-0.39, 0.29) is 5.91 Å². The number of aryl methyl sites for hydroxylation is 1. The number of carbonyl (C=O) groups excluding carboxylic acids is 1. The second-order valence-electron chi connectivity index (χ2n) is 4.74. The summed E-state index contributed by atoms with van der Waals surface area (Å²) in [4.78, 5) is 12.3. The number of H-pyrrole nitrogens is 1. The van der Waals surface area contributed by atoms with Crippen LogP contribution in [0.4, 0.5) is 11.5 Å². The van der Waals surface area contributed by atoms with Gasteiger partial charge in [-0.2, -0.15) is 5.10 Å². The van der Waals surface area contributed by atoms with Crippen molar-refractivity contribution in [3.63, 3.8) is 0 Å². The van der Waals surface area contributed by atoms with Crippen molar-refractivity contribution < 1.29 is 4.79 Å². The predicted octanol–water partition coefficient (Wildman–Crippen LogP) is 2.33. The monoisotopic (exact) mass is 256 g/mol. The second kappa shape index (κ2) is 4.76. The van der Waals surface area contributed by atoms with Gasteiger partial charge in [0.2, 0.25) is 0 Å². The van der Waals surface area contributed by atoms with Crippen LogP contribution in [0.25, 0.3) is 0 Å². The van der Waals surface area contributed by atoms with E-state index in [1.165, 1.54) is 0 Å². The number of aromatic nitrogens is 2. The Balaban J connectivity index is 1.90. The molecule has 1 aromatic heterocycles. The molecule has 0 bridgehead atoms. The Kier molecular flexibility index (Phi) is 2.95. The van der Waals surface area contributed by atoms with Gasteiger partial charge in [-0.3, -0.25) is 9.89 Å². The van der Waals surface area contributed by atoms with Gasteiger partial charge < -0.3 is 10.6 Å². The minimum absolute atomic E-state index is 0.0899. The van der Waals surface area contributed by atoms with Gasteiger partial charge in [0, 0.05) is 23.4 Å². The van der Waals surface area contributed by atoms with Crippen LogP contribution >= 0.6 is 0 Å². The van der Waals surface area contributed by atoms with E-state index in [0.717, 1.165) is 41.8 Å². The molecular weight excluding hydrogens is 240 g/mol. The summed E-state index contributed by atoms with van der Waals surface area (Å²) in [6.07, 6.45) is 3.69. The van der Waals surface area contributed by atoms with Crippen molar-refractivity contribution in [2.75, 3.05) is 17.2 Å². The molecule has 1 aliphatic rings. The first-order valence-corrected chi connectivity index (χ1v) is 6.43. The predicted molar refractivity (Wildman–Crippen MR) is 74.5 cm³/mol. The summed E-state index contributed by atoms with van der Waals surface area (Å²) in [6, 6.07) is 5.80. The number of benzene rings is 1. The highest BCUT2D eigenvalue weighted by Gasteiger charge is 2.18. The molecule has 0 saturated heterocycles. The number of fused-ring (bicyclic) bond motifs is 1. The number of aromatic amines is 1. The van der Waals surface area contributed by atoms with Crippen LogP contribution in [0.1, 0.15) is 27.9 Å². The van der Waals surface area contributed by atoms with Crippen molar-refractivity contribution in [3.05, 3.63) is 41.1 Å². The third kappa shape index (κ3) is 2.19. The van der Waals surface area contributed by atoms with E-state index >= 15 is 0 Å². The number of hydrogen-bond donors (Lipinski definition) is 3. The highest BCUT2D eigenvalue weighted by atomic mass is 16.1. The molecule has 0 radical (unpaired) electrons. The molecule has 5 nitrogen and oxygen atoms in total. The molecule has 3 rings (SSSR count). The number of rotatable bonds is 2. The topological polar surface area (TPSA) is 69.8 Å². The molecule has 1 aromatic carbocycles. The van der Waals surface area contributed by atoms with E-state index in [1.807, 2.05) is 25.1 Å². The average molecular weight is 256 g/mol. The lowest BCUT2D eigenvalue weighted by molar-refractivity contribution is 0.102. The van der Waals surface area contributed by atoms with Gasteiger partial charge >= 0.3 is 0 Å². The quantitative estimate of drug-likeness (QED) is 0.772. The summed E-state index contributed by atoms with van der Waals surface area (Å²) in [5.74, 6) is 0.569. The molecule has 2 heterocycles. The maximum atomic E-state index is 12.3. The van der Waals surface area contributed by atoms with Crippen LogP contribution in [-0.2, 0) is 6.42 Å². The molecule has 5 heteroatoms. The second-order valence-corrected chi connectivity index (χ2v) is 4.74. The van der Waals surface area contributed by atoms with Gasteiger partial charge in [-0.05, 0) is 37.5 Å². The molecule has 1 amide bonds. The van der Waals surface area contributed by atoms with Crippen molar-refractivity contribution >= 4 is 17.4 Å². The lowest BCUT2D eigenvalue weighted by atomic mass is 9.97. The summed E-state index contributed by atoms with van der Waals surface area (Å²) in [5, 5.41) is 12.9. The molecule has 19 heavy (non-hydrogen) atoms. The molecule has 3 N–H and O–H groups in total. The van der Waals surface area contributed by atoms with E-state index in [1.54, 1.807) is 6.20 Å². The number of hydrogen-bond acceptors (Lipinski definition) is 3.